The van der Waals surface area contributed by atoms with Crippen LogP contribution in [-0.4, -0.2) is 42.2 Å². The summed E-state index contributed by atoms with van der Waals surface area (Å²) in [6.45, 7) is 2.86. The highest BCUT2D eigenvalue weighted by Gasteiger charge is 2.25. The van der Waals surface area contributed by atoms with Gasteiger partial charge >= 0.3 is 0 Å². The molecule has 1 unspecified atom stereocenters. The number of amides is 1. The van der Waals surface area contributed by atoms with Gasteiger partial charge in [-0.05, 0) is 50.9 Å². The number of hydrogen-bond acceptors (Lipinski definition) is 4. The lowest BCUT2D eigenvalue weighted by Crippen LogP contribution is -2.36. The highest BCUT2D eigenvalue weighted by molar-refractivity contribution is 5.75. The van der Waals surface area contributed by atoms with Crippen molar-refractivity contribution < 1.29 is 14.3 Å². The summed E-state index contributed by atoms with van der Waals surface area (Å²) < 4.78 is 5.51. The molecule has 5 heteroatoms. The van der Waals surface area contributed by atoms with E-state index >= 15 is 0 Å². The molecule has 20 heavy (non-hydrogen) atoms. The fourth-order valence-corrected chi connectivity index (χ4v) is 2.64. The van der Waals surface area contributed by atoms with Crippen molar-refractivity contribution in [3.8, 4) is 0 Å². The molecule has 2 rings (SSSR count). The van der Waals surface area contributed by atoms with E-state index < -0.39 is 0 Å². The lowest BCUT2D eigenvalue weighted by molar-refractivity contribution is -0.121. The Bertz CT molecular complexity index is 386. The van der Waals surface area contributed by atoms with Gasteiger partial charge in [-0.25, -0.2) is 0 Å². The fourth-order valence-electron chi connectivity index (χ4n) is 2.64. The largest absolute Gasteiger partial charge is 0.468 e. The minimum absolute atomic E-state index is 0.0502. The van der Waals surface area contributed by atoms with E-state index in [0.29, 0.717) is 19.4 Å². The van der Waals surface area contributed by atoms with Gasteiger partial charge in [0.1, 0.15) is 5.76 Å². The quantitative estimate of drug-likeness (QED) is 0.711. The molecule has 1 aliphatic rings. The Kier molecular flexibility index (Phi) is 6.08. The molecule has 1 aromatic heterocycles. The van der Waals surface area contributed by atoms with E-state index in [1.165, 1.54) is 12.8 Å². The van der Waals surface area contributed by atoms with Crippen LogP contribution in [0.2, 0.25) is 0 Å². The molecule has 112 valence electrons. The van der Waals surface area contributed by atoms with Crippen molar-refractivity contribution in [2.24, 2.45) is 0 Å². The minimum Gasteiger partial charge on any atom is -0.468 e. The molecule has 1 aromatic rings. The lowest BCUT2D eigenvalue weighted by Gasteiger charge is -2.26. The van der Waals surface area contributed by atoms with Crippen LogP contribution in [-0.2, 0) is 4.79 Å². The Morgan fingerprint density at radius 3 is 2.85 bits per heavy atom. The first-order chi connectivity index (χ1) is 9.81. The molecule has 0 aliphatic carbocycles. The second-order valence-corrected chi connectivity index (χ2v) is 5.26. The molecule has 2 N–H and O–H groups in total. The van der Waals surface area contributed by atoms with Crippen LogP contribution < -0.4 is 5.32 Å². The maximum Gasteiger partial charge on any atom is 0.220 e. The zero-order chi connectivity index (χ0) is 14.2. The smallest absolute Gasteiger partial charge is 0.220 e. The number of aliphatic hydroxyl groups is 1. The van der Waals surface area contributed by atoms with Gasteiger partial charge in [-0.1, -0.05) is 0 Å². The Labute approximate surface area is 119 Å². The molecule has 1 saturated heterocycles. The van der Waals surface area contributed by atoms with Crippen molar-refractivity contribution in [1.82, 2.24) is 10.2 Å². The van der Waals surface area contributed by atoms with E-state index in [-0.39, 0.29) is 18.6 Å². The van der Waals surface area contributed by atoms with E-state index in [1.54, 1.807) is 6.26 Å². The highest BCUT2D eigenvalue weighted by atomic mass is 16.3. The fraction of sp³-hybridized carbons (Fsp3) is 0.667. The first kappa shape index (κ1) is 15.1. The molecule has 0 aromatic carbocycles. The number of carbonyl (C=O) groups excluding carboxylic acids is 1. The normalized spacial score (nSPS) is 17.2. The number of aliphatic hydroxyl groups excluding tert-OH is 1. The van der Waals surface area contributed by atoms with Crippen LogP contribution >= 0.6 is 0 Å². The minimum atomic E-state index is 0.0502. The Morgan fingerprint density at radius 1 is 1.40 bits per heavy atom. The second kappa shape index (κ2) is 8.07. The Hall–Kier alpha value is -1.33. The predicted octanol–water partition coefficient (Wildman–Crippen LogP) is 1.70. The Morgan fingerprint density at radius 2 is 2.20 bits per heavy atom. The summed E-state index contributed by atoms with van der Waals surface area (Å²) in [4.78, 5) is 14.1. The lowest BCUT2D eigenvalue weighted by atomic mass is 10.2. The van der Waals surface area contributed by atoms with Crippen LogP contribution in [0, 0.1) is 0 Å². The number of hydrogen-bond donors (Lipinski definition) is 2. The average Bonchev–Trinajstić information content (AvgIpc) is 3.12. The summed E-state index contributed by atoms with van der Waals surface area (Å²) in [5, 5.41) is 11.7. The molecule has 0 spiro atoms. The maximum atomic E-state index is 11.8. The van der Waals surface area contributed by atoms with E-state index in [4.69, 9.17) is 9.52 Å². The molecule has 1 aliphatic heterocycles. The molecule has 5 nitrogen and oxygen atoms in total. The van der Waals surface area contributed by atoms with Gasteiger partial charge in [-0.2, -0.15) is 0 Å². The number of nitrogens with one attached hydrogen (secondary N) is 1. The molecule has 1 fully saturated rings. The van der Waals surface area contributed by atoms with Crippen molar-refractivity contribution >= 4 is 5.91 Å². The van der Waals surface area contributed by atoms with Crippen molar-refractivity contribution in [3.63, 3.8) is 0 Å². The average molecular weight is 280 g/mol. The third kappa shape index (κ3) is 4.35. The summed E-state index contributed by atoms with van der Waals surface area (Å²) in [5.74, 6) is 0.969. The van der Waals surface area contributed by atoms with Gasteiger partial charge in [0.25, 0.3) is 0 Å². The van der Waals surface area contributed by atoms with Crippen LogP contribution in [0.5, 0.6) is 0 Å². The predicted molar refractivity (Wildman–Crippen MR) is 76.2 cm³/mol. The van der Waals surface area contributed by atoms with Gasteiger partial charge in [-0.3, -0.25) is 9.69 Å². The number of unbranched alkanes of at least 4 members (excludes halogenated alkanes) is 1. The third-order valence-electron chi connectivity index (χ3n) is 3.76. The van der Waals surface area contributed by atoms with Gasteiger partial charge in [0.05, 0.1) is 12.3 Å². The first-order valence-electron chi connectivity index (χ1n) is 7.46. The molecule has 1 amide bonds. The van der Waals surface area contributed by atoms with Gasteiger partial charge in [0, 0.05) is 19.6 Å². The zero-order valence-electron chi connectivity index (χ0n) is 11.9. The van der Waals surface area contributed by atoms with Crippen LogP contribution in [0.4, 0.5) is 0 Å². The third-order valence-corrected chi connectivity index (χ3v) is 3.76. The number of furan rings is 1. The molecule has 0 saturated carbocycles. The van der Waals surface area contributed by atoms with Gasteiger partial charge in [0.15, 0.2) is 0 Å². The standard InChI is InChI=1S/C15H24N2O3/c18-10-4-1-7-15(19)16-12-13(14-6-5-11-20-14)17-8-2-3-9-17/h5-6,11,13,18H,1-4,7-10,12H2,(H,16,19). The van der Waals surface area contributed by atoms with Crippen molar-refractivity contribution in [1.29, 1.82) is 0 Å². The zero-order valence-corrected chi connectivity index (χ0v) is 11.9. The summed E-state index contributed by atoms with van der Waals surface area (Å²) >= 11 is 0. The van der Waals surface area contributed by atoms with Gasteiger partial charge in [-0.15, -0.1) is 0 Å². The number of rotatable bonds is 8. The SMILES string of the molecule is O=C(CCCCO)NCC(c1ccco1)N1CCCC1. The maximum absolute atomic E-state index is 11.8. The van der Waals surface area contributed by atoms with E-state index in [0.717, 1.165) is 25.3 Å². The number of nitrogens with zero attached hydrogens (tertiary/aromatic N) is 1. The van der Waals surface area contributed by atoms with Crippen molar-refractivity contribution in [2.45, 2.75) is 38.1 Å². The molecular weight excluding hydrogens is 256 g/mol. The topological polar surface area (TPSA) is 65.7 Å². The van der Waals surface area contributed by atoms with Crippen molar-refractivity contribution in [2.75, 3.05) is 26.2 Å². The van der Waals surface area contributed by atoms with Crippen LogP contribution in [0.15, 0.2) is 22.8 Å². The monoisotopic (exact) mass is 280 g/mol. The molecule has 0 bridgehead atoms. The number of likely N-dealkylation sites (tertiary alicyclic amines) is 1. The highest BCUT2D eigenvalue weighted by Crippen LogP contribution is 2.24. The summed E-state index contributed by atoms with van der Waals surface area (Å²) in [7, 11) is 0. The summed E-state index contributed by atoms with van der Waals surface area (Å²) in [5.41, 5.74) is 0. The van der Waals surface area contributed by atoms with Crippen LogP contribution in [0.25, 0.3) is 0 Å². The van der Waals surface area contributed by atoms with Crippen LogP contribution in [0.3, 0.4) is 0 Å². The second-order valence-electron chi connectivity index (χ2n) is 5.26. The summed E-state index contributed by atoms with van der Waals surface area (Å²) in [6, 6.07) is 4.00. The van der Waals surface area contributed by atoms with Crippen molar-refractivity contribution in [3.05, 3.63) is 24.2 Å². The molecular formula is C15H24N2O3. The Balaban J connectivity index is 1.83. The molecule has 2 heterocycles. The van der Waals surface area contributed by atoms with E-state index in [1.807, 2.05) is 12.1 Å². The van der Waals surface area contributed by atoms with E-state index in [9.17, 15) is 4.79 Å². The van der Waals surface area contributed by atoms with Gasteiger partial charge < -0.3 is 14.8 Å². The van der Waals surface area contributed by atoms with E-state index in [2.05, 4.69) is 10.2 Å². The number of carbonyl (C=O) groups is 1. The molecule has 1 atom stereocenters. The van der Waals surface area contributed by atoms with Crippen LogP contribution in [0.1, 0.15) is 43.9 Å². The summed E-state index contributed by atoms with van der Waals surface area (Å²) in [6.07, 6.45) is 5.99. The van der Waals surface area contributed by atoms with Gasteiger partial charge in [0.2, 0.25) is 5.91 Å². The first-order valence-corrected chi connectivity index (χ1v) is 7.46. The molecule has 0 radical (unpaired) electrons.